The summed E-state index contributed by atoms with van der Waals surface area (Å²) >= 11 is 0. The fourth-order valence-corrected chi connectivity index (χ4v) is 5.45. The Labute approximate surface area is 227 Å². The van der Waals surface area contributed by atoms with Crippen LogP contribution in [0.15, 0.2) is 47.5 Å². The van der Waals surface area contributed by atoms with Crippen molar-refractivity contribution in [2.75, 3.05) is 13.2 Å². The normalized spacial score (nSPS) is 26.9. The van der Waals surface area contributed by atoms with E-state index >= 15 is 0 Å². The van der Waals surface area contributed by atoms with E-state index in [1.54, 1.807) is 23.1 Å². The molecule has 3 aliphatic rings. The van der Waals surface area contributed by atoms with Crippen molar-refractivity contribution >= 4 is 17.8 Å². The molecule has 0 spiro atoms. The molecule has 0 saturated heterocycles. The average molecular weight is 539 g/mol. The molecule has 5 atom stereocenters. The van der Waals surface area contributed by atoms with Crippen LogP contribution >= 0.6 is 0 Å². The number of nitrogens with zero attached hydrogens (tertiary/aromatic N) is 2. The van der Waals surface area contributed by atoms with E-state index in [9.17, 15) is 14.0 Å². The number of carbonyl (C=O) groups is 2. The van der Waals surface area contributed by atoms with Crippen LogP contribution < -0.4 is 20.5 Å². The molecule has 5 rings (SSSR count). The van der Waals surface area contributed by atoms with Crippen LogP contribution in [0.5, 0.6) is 11.5 Å². The first-order chi connectivity index (χ1) is 18.7. The van der Waals surface area contributed by atoms with Crippen LogP contribution in [0.4, 0.5) is 4.39 Å². The lowest BCUT2D eigenvalue weighted by atomic mass is 9.90. The number of halogens is 1. The molecule has 0 fully saturated rings. The molecule has 9 nitrogen and oxygen atoms in total. The summed E-state index contributed by atoms with van der Waals surface area (Å²) in [6.07, 6.45) is 0.114. The maximum atomic E-state index is 13.5. The highest BCUT2D eigenvalue weighted by Gasteiger charge is 2.40. The number of amides is 2. The Bertz CT molecular complexity index is 1280. The average Bonchev–Trinajstić information content (AvgIpc) is 2.91. The lowest BCUT2D eigenvalue weighted by Crippen LogP contribution is -2.52. The van der Waals surface area contributed by atoms with Crippen LogP contribution in [0.2, 0.25) is 0 Å². The molecule has 10 heteroatoms. The Morgan fingerprint density at radius 1 is 1.28 bits per heavy atom. The summed E-state index contributed by atoms with van der Waals surface area (Å²) in [6, 6.07) is 11.9. The number of nitrogens with one attached hydrogen (secondary N) is 1. The van der Waals surface area contributed by atoms with E-state index in [0.717, 1.165) is 11.1 Å². The zero-order chi connectivity index (χ0) is 27.7. The standard InChI is InChI=1S/C29H35FN4O5/c1-4-29(3)15-26(35)34(28(31)33-29)23-11-12-37-24-10-9-18(13-21(23)24)27(36)32-22-14-19(16-38-17(2)30)39-25-8-6-5-7-20(22)25/h5-10,13,17,19,22-23H,4,11-12,14-16H2,1-3H3,(H2,31,33)(H,32,36)/t17?,19-,22-,23+,29+/m0/s1. The fourth-order valence-electron chi connectivity index (χ4n) is 5.45. The Morgan fingerprint density at radius 3 is 2.82 bits per heavy atom. The van der Waals surface area contributed by atoms with Gasteiger partial charge in [-0.05, 0) is 44.5 Å². The third-order valence-corrected chi connectivity index (χ3v) is 7.69. The van der Waals surface area contributed by atoms with Gasteiger partial charge in [-0.15, -0.1) is 0 Å². The zero-order valence-electron chi connectivity index (χ0n) is 22.5. The molecule has 0 bridgehead atoms. The largest absolute Gasteiger partial charge is 0.493 e. The molecule has 1 unspecified atom stereocenters. The van der Waals surface area contributed by atoms with E-state index in [4.69, 9.17) is 19.9 Å². The number of hydrogen-bond donors (Lipinski definition) is 2. The second-order valence-electron chi connectivity index (χ2n) is 10.6. The summed E-state index contributed by atoms with van der Waals surface area (Å²) in [4.78, 5) is 32.9. The fraction of sp³-hybridized carbons (Fsp3) is 0.483. The third kappa shape index (κ3) is 5.56. The van der Waals surface area contributed by atoms with Gasteiger partial charge in [-0.2, -0.15) is 0 Å². The van der Waals surface area contributed by atoms with Crippen LogP contribution in [0.25, 0.3) is 0 Å². The topological polar surface area (TPSA) is 115 Å². The predicted molar refractivity (Wildman–Crippen MR) is 143 cm³/mol. The minimum atomic E-state index is -1.41. The highest BCUT2D eigenvalue weighted by Crippen LogP contribution is 2.40. The van der Waals surface area contributed by atoms with Gasteiger partial charge in [0.1, 0.15) is 17.6 Å². The van der Waals surface area contributed by atoms with Gasteiger partial charge in [0, 0.05) is 29.5 Å². The second kappa shape index (κ2) is 10.8. The third-order valence-electron chi connectivity index (χ3n) is 7.69. The molecule has 3 heterocycles. The van der Waals surface area contributed by atoms with E-state index in [2.05, 4.69) is 10.3 Å². The summed E-state index contributed by atoms with van der Waals surface area (Å²) in [5, 5.41) is 3.11. The van der Waals surface area contributed by atoms with E-state index in [0.29, 0.717) is 42.9 Å². The Morgan fingerprint density at radius 2 is 2.08 bits per heavy atom. The highest BCUT2D eigenvalue weighted by molar-refractivity contribution is 6.00. The number of ether oxygens (including phenoxy) is 3. The van der Waals surface area contributed by atoms with E-state index in [1.807, 2.05) is 38.1 Å². The minimum Gasteiger partial charge on any atom is -0.493 e. The first-order valence-corrected chi connectivity index (χ1v) is 13.4. The quantitative estimate of drug-likeness (QED) is 0.547. The Hall–Kier alpha value is -3.66. The van der Waals surface area contributed by atoms with Crippen molar-refractivity contribution in [3.8, 4) is 11.5 Å². The molecule has 0 aliphatic carbocycles. The maximum absolute atomic E-state index is 13.5. The van der Waals surface area contributed by atoms with Crippen LogP contribution in [-0.4, -0.2) is 53.9 Å². The number of benzene rings is 2. The Kier molecular flexibility index (Phi) is 7.48. The molecular weight excluding hydrogens is 503 g/mol. The smallest absolute Gasteiger partial charge is 0.251 e. The van der Waals surface area contributed by atoms with E-state index in [-0.39, 0.29) is 42.9 Å². The van der Waals surface area contributed by atoms with Crippen molar-refractivity contribution in [3.05, 3.63) is 59.2 Å². The summed E-state index contributed by atoms with van der Waals surface area (Å²) < 4.78 is 30.3. The second-order valence-corrected chi connectivity index (χ2v) is 10.6. The number of guanidine groups is 1. The van der Waals surface area contributed by atoms with Crippen molar-refractivity contribution in [2.24, 2.45) is 10.7 Å². The number of nitrogens with two attached hydrogens (primary N) is 1. The number of hydrogen-bond acceptors (Lipinski definition) is 7. The number of aliphatic imine (C=N–C) groups is 1. The first kappa shape index (κ1) is 26.9. The van der Waals surface area contributed by atoms with Crippen molar-refractivity contribution in [1.82, 2.24) is 10.2 Å². The maximum Gasteiger partial charge on any atom is 0.251 e. The van der Waals surface area contributed by atoms with Gasteiger partial charge in [0.15, 0.2) is 12.3 Å². The lowest BCUT2D eigenvalue weighted by Gasteiger charge is -2.40. The number of fused-ring (bicyclic) bond motifs is 2. The SMILES string of the molecule is CC[C@]1(C)CC(=O)N([C@@H]2CCOc3ccc(C(=O)N[C@H]4C[C@@H](COC(C)F)Oc5ccccc54)cc32)C(N)=N1. The van der Waals surface area contributed by atoms with Gasteiger partial charge in [-0.3, -0.25) is 14.5 Å². The van der Waals surface area contributed by atoms with Crippen LogP contribution in [-0.2, 0) is 9.53 Å². The number of para-hydroxylation sites is 1. The highest BCUT2D eigenvalue weighted by atomic mass is 19.1. The molecule has 3 N–H and O–H groups in total. The van der Waals surface area contributed by atoms with Gasteiger partial charge in [0.25, 0.3) is 5.91 Å². The van der Waals surface area contributed by atoms with Gasteiger partial charge in [-0.1, -0.05) is 25.1 Å². The van der Waals surface area contributed by atoms with Crippen molar-refractivity contribution in [1.29, 1.82) is 0 Å². The van der Waals surface area contributed by atoms with Crippen molar-refractivity contribution < 1.29 is 28.2 Å². The molecule has 208 valence electrons. The molecule has 2 aromatic carbocycles. The summed E-state index contributed by atoms with van der Waals surface area (Å²) in [5.74, 6) is 1.06. The van der Waals surface area contributed by atoms with E-state index in [1.165, 1.54) is 6.92 Å². The zero-order valence-corrected chi connectivity index (χ0v) is 22.5. The van der Waals surface area contributed by atoms with Gasteiger partial charge in [-0.25, -0.2) is 9.38 Å². The molecule has 3 aliphatic heterocycles. The van der Waals surface area contributed by atoms with Crippen molar-refractivity contribution in [3.63, 3.8) is 0 Å². The lowest BCUT2D eigenvalue weighted by molar-refractivity contribution is -0.131. The van der Waals surface area contributed by atoms with Crippen LogP contribution in [0.3, 0.4) is 0 Å². The minimum absolute atomic E-state index is 0.0696. The molecule has 0 aromatic heterocycles. The molecule has 39 heavy (non-hydrogen) atoms. The summed E-state index contributed by atoms with van der Waals surface area (Å²) in [6.45, 7) is 5.73. The summed E-state index contributed by atoms with van der Waals surface area (Å²) in [7, 11) is 0. The monoisotopic (exact) mass is 538 g/mol. The molecule has 0 radical (unpaired) electrons. The van der Waals surface area contributed by atoms with Crippen molar-refractivity contribution in [2.45, 2.75) is 76.5 Å². The summed E-state index contributed by atoms with van der Waals surface area (Å²) in [5.41, 5.74) is 7.80. The Balaban J connectivity index is 1.39. The molecule has 0 saturated carbocycles. The number of rotatable bonds is 7. The molecule has 2 amide bonds. The van der Waals surface area contributed by atoms with Gasteiger partial charge in [0.05, 0.1) is 37.3 Å². The molecule has 2 aromatic rings. The van der Waals surface area contributed by atoms with Gasteiger partial charge < -0.3 is 25.3 Å². The molecular formula is C29H35FN4O5. The van der Waals surface area contributed by atoms with E-state index < -0.39 is 18.0 Å². The number of alkyl halides is 1. The first-order valence-electron chi connectivity index (χ1n) is 13.4. The number of carbonyl (C=O) groups excluding carboxylic acids is 2. The van der Waals surface area contributed by atoms with Gasteiger partial charge in [0.2, 0.25) is 5.91 Å². The van der Waals surface area contributed by atoms with Crippen LogP contribution in [0.1, 0.15) is 80.0 Å². The predicted octanol–water partition coefficient (Wildman–Crippen LogP) is 4.18. The van der Waals surface area contributed by atoms with Gasteiger partial charge >= 0.3 is 0 Å². The van der Waals surface area contributed by atoms with Crippen LogP contribution in [0, 0.1) is 0 Å².